The smallest absolute Gasteiger partial charge is 0.410 e. The van der Waals surface area contributed by atoms with E-state index in [1.165, 1.54) is 4.90 Å². The van der Waals surface area contributed by atoms with Crippen molar-refractivity contribution < 1.29 is 43.6 Å². The number of aldehydes is 1. The number of hydrogen-bond donors (Lipinski definition) is 2. The summed E-state index contributed by atoms with van der Waals surface area (Å²) in [5.41, 5.74) is 2.44. The molecule has 0 bridgehead atoms. The van der Waals surface area contributed by atoms with Crippen molar-refractivity contribution in [2.24, 2.45) is 22.9 Å². The zero-order valence-electron chi connectivity index (χ0n) is 31.9. The molecule has 0 spiro atoms. The fourth-order valence-corrected chi connectivity index (χ4v) is 8.20. The Bertz CT molecular complexity index is 1670. The molecule has 2 N–H and O–H groups in total. The number of allylic oxidation sites excluding steroid dienone is 1. The van der Waals surface area contributed by atoms with Gasteiger partial charge in [0, 0.05) is 43.7 Å². The molecule has 3 aliphatic rings. The molecular weight excluding hydrogens is 712 g/mol. The number of amides is 1. The van der Waals surface area contributed by atoms with E-state index in [1.54, 1.807) is 37.4 Å². The maximum absolute atomic E-state index is 13.7. The number of rotatable bonds is 18. The first kappa shape index (κ1) is 41.3. The number of fused-ring (bicyclic) bond motifs is 2. The number of unbranched alkanes of at least 4 members (excludes halogenated alkanes) is 2. The summed E-state index contributed by atoms with van der Waals surface area (Å²) in [6.07, 6.45) is 8.97. The van der Waals surface area contributed by atoms with Crippen molar-refractivity contribution in [3.05, 3.63) is 77.9 Å². The molecule has 2 aromatic carbocycles. The summed E-state index contributed by atoms with van der Waals surface area (Å²) in [6.45, 7) is 10.1. The Morgan fingerprint density at radius 3 is 2.52 bits per heavy atom. The van der Waals surface area contributed by atoms with Gasteiger partial charge in [-0.2, -0.15) is 0 Å². The van der Waals surface area contributed by atoms with Crippen molar-refractivity contribution in [3.63, 3.8) is 0 Å². The van der Waals surface area contributed by atoms with Gasteiger partial charge in [0.2, 0.25) is 5.79 Å². The van der Waals surface area contributed by atoms with Crippen LogP contribution in [-0.2, 0) is 14.3 Å². The van der Waals surface area contributed by atoms with Crippen molar-refractivity contribution in [3.8, 4) is 17.2 Å². The van der Waals surface area contributed by atoms with Gasteiger partial charge >= 0.3 is 6.09 Å². The van der Waals surface area contributed by atoms with Gasteiger partial charge < -0.3 is 38.9 Å². The number of aliphatic hydroxyl groups excluding tert-OH is 2. The molecule has 0 aromatic heterocycles. The highest BCUT2D eigenvalue weighted by atomic mass is 35.5. The van der Waals surface area contributed by atoms with Crippen molar-refractivity contribution in [1.29, 1.82) is 0 Å². The molecule has 0 unspecified atom stereocenters. The van der Waals surface area contributed by atoms with Crippen LogP contribution in [0.15, 0.2) is 71.9 Å². The Hall–Kier alpha value is -3.90. The lowest BCUT2D eigenvalue weighted by molar-refractivity contribution is -0.253. The molecule has 2 aliphatic carbocycles. The number of likely N-dealkylation sites (N-methyl/N-ethyl adjacent to an activating group) is 1. The molecule has 0 saturated heterocycles. The molecular formula is C42H55ClN2O9. The highest BCUT2D eigenvalue weighted by molar-refractivity contribution is 6.18. The van der Waals surface area contributed by atoms with Crippen LogP contribution < -0.4 is 9.47 Å². The lowest BCUT2D eigenvalue weighted by Gasteiger charge is -2.59. The van der Waals surface area contributed by atoms with Crippen LogP contribution in [0.3, 0.4) is 0 Å². The molecule has 0 radical (unpaired) electrons. The van der Waals surface area contributed by atoms with Gasteiger partial charge in [0.05, 0.1) is 24.1 Å². The predicted molar refractivity (Wildman–Crippen MR) is 208 cm³/mol. The average Bonchev–Trinajstić information content (AvgIpc) is 3.16. The van der Waals surface area contributed by atoms with Gasteiger partial charge in [-0.15, -0.1) is 18.2 Å². The number of ether oxygens (including phenoxy) is 4. The highest BCUT2D eigenvalue weighted by Crippen LogP contribution is 2.62. The number of halogens is 1. The Morgan fingerprint density at radius 2 is 1.83 bits per heavy atom. The van der Waals surface area contributed by atoms with E-state index in [9.17, 15) is 19.8 Å². The van der Waals surface area contributed by atoms with Crippen LogP contribution in [0.25, 0.3) is 0 Å². The second-order valence-electron chi connectivity index (χ2n) is 15.2. The summed E-state index contributed by atoms with van der Waals surface area (Å²) >= 11 is 5.92. The third-order valence-corrected chi connectivity index (χ3v) is 10.5. The van der Waals surface area contributed by atoms with Crippen LogP contribution in [-0.4, -0.2) is 90.0 Å². The zero-order valence-corrected chi connectivity index (χ0v) is 32.6. The molecule has 2 aromatic rings. The molecule has 12 heteroatoms. The summed E-state index contributed by atoms with van der Waals surface area (Å²) in [4.78, 5) is 32.8. The number of nitrogens with zero attached hydrogens (tertiary/aromatic N) is 2. The van der Waals surface area contributed by atoms with Crippen LogP contribution >= 0.6 is 11.6 Å². The van der Waals surface area contributed by atoms with E-state index in [-0.39, 0.29) is 56.5 Å². The van der Waals surface area contributed by atoms with Crippen LogP contribution in [0.1, 0.15) is 87.6 Å². The van der Waals surface area contributed by atoms with Crippen molar-refractivity contribution in [2.45, 2.75) is 89.1 Å². The fraction of sp³-hybridized carbons (Fsp3) is 0.548. The molecule has 54 heavy (non-hydrogen) atoms. The largest absolute Gasteiger partial charge is 0.459 e. The van der Waals surface area contributed by atoms with Gasteiger partial charge in [-0.1, -0.05) is 42.3 Å². The summed E-state index contributed by atoms with van der Waals surface area (Å²) in [7, 11) is 1.68. The van der Waals surface area contributed by atoms with Crippen LogP contribution in [0.4, 0.5) is 4.79 Å². The minimum atomic E-state index is -1.40. The first-order valence-corrected chi connectivity index (χ1v) is 19.5. The third-order valence-electron chi connectivity index (χ3n) is 10.4. The van der Waals surface area contributed by atoms with E-state index in [0.717, 1.165) is 43.1 Å². The lowest BCUT2D eigenvalue weighted by Crippen LogP contribution is -2.69. The molecule has 5 rings (SSSR count). The van der Waals surface area contributed by atoms with Crippen LogP contribution in [0, 0.1) is 17.8 Å². The second kappa shape index (κ2) is 18.6. The van der Waals surface area contributed by atoms with Gasteiger partial charge in [-0.25, -0.2) is 4.79 Å². The minimum Gasteiger partial charge on any atom is -0.459 e. The number of aliphatic hydroxyl groups is 2. The van der Waals surface area contributed by atoms with E-state index >= 15 is 0 Å². The van der Waals surface area contributed by atoms with Gasteiger partial charge in [-0.3, -0.25) is 4.79 Å². The number of benzene rings is 2. The molecule has 1 heterocycles. The van der Waals surface area contributed by atoms with Gasteiger partial charge in [0.15, 0.2) is 0 Å². The number of hydrogen-bond acceptors (Lipinski definition) is 10. The van der Waals surface area contributed by atoms with E-state index in [0.29, 0.717) is 41.4 Å². The first-order valence-electron chi connectivity index (χ1n) is 19.0. The quantitative estimate of drug-likeness (QED) is 0.0508. The highest BCUT2D eigenvalue weighted by Gasteiger charge is 2.65. The van der Waals surface area contributed by atoms with Gasteiger partial charge in [-0.05, 0) is 94.2 Å². The van der Waals surface area contributed by atoms with Crippen molar-refractivity contribution in [1.82, 2.24) is 4.90 Å². The normalized spacial score (nSPS) is 25.1. The van der Waals surface area contributed by atoms with Gasteiger partial charge in [0.25, 0.3) is 0 Å². The zero-order chi connectivity index (χ0) is 38.9. The SMILES string of the molecule is C=CCO[C@@]12Oc3ccc(Oc4cccc(C=O)c4)cc3[C@H]3[C@H](CCCCO)[C@@H](CCCCO)C=C(C(=NOC(C)(C)C)C[C@@H]1N(C)C(=O)OCCCl)[C@H]32. The van der Waals surface area contributed by atoms with Crippen LogP contribution in [0.5, 0.6) is 17.2 Å². The number of carbonyl (C=O) groups is 2. The Morgan fingerprint density at radius 1 is 1.09 bits per heavy atom. The summed E-state index contributed by atoms with van der Waals surface area (Å²) in [5, 5.41) is 24.4. The third kappa shape index (κ3) is 9.30. The number of carbonyl (C=O) groups excluding carboxylic acids is 2. The molecule has 1 fully saturated rings. The van der Waals surface area contributed by atoms with Crippen molar-refractivity contribution in [2.75, 3.05) is 39.4 Å². The summed E-state index contributed by atoms with van der Waals surface area (Å²) in [6, 6.07) is 12.0. The van der Waals surface area contributed by atoms with E-state index < -0.39 is 29.4 Å². The standard InChI is InChI=1S/C42H55ClN2O9/c1-6-21-51-42-37(45(5)40(49)50-22-18-43)26-35(44-54-41(2,3)4)33-24-29(13-7-9-19-46)32(15-8-10-20-47)38(39(33)42)34-25-31(16-17-36(34)53-42)52-30-14-11-12-28(23-30)27-48/h6,11-12,14,16-17,23-25,27,29,32,37-39,46-47H,1,7-10,13,15,18-22,26H2,2-5H3/t29-,32+,37-,38+,39+,42+/m0/s1. The Balaban J connectivity index is 1.76. The lowest BCUT2D eigenvalue weighted by atomic mass is 9.55. The Labute approximate surface area is 323 Å². The summed E-state index contributed by atoms with van der Waals surface area (Å²) < 4.78 is 25.9. The predicted octanol–water partition coefficient (Wildman–Crippen LogP) is 8.03. The molecule has 1 saturated carbocycles. The summed E-state index contributed by atoms with van der Waals surface area (Å²) in [5.74, 6) is -0.153. The Kier molecular flexibility index (Phi) is 14.2. The fourth-order valence-electron chi connectivity index (χ4n) is 8.13. The first-order chi connectivity index (χ1) is 26.0. The molecule has 1 aliphatic heterocycles. The minimum absolute atomic E-state index is 0.0356. The van der Waals surface area contributed by atoms with E-state index in [2.05, 4.69) is 12.7 Å². The number of alkyl halides is 1. The van der Waals surface area contributed by atoms with E-state index in [1.807, 2.05) is 39.0 Å². The van der Waals surface area contributed by atoms with Gasteiger partial charge in [0.1, 0.15) is 41.8 Å². The van der Waals surface area contributed by atoms with Crippen molar-refractivity contribution >= 4 is 29.7 Å². The molecule has 11 nitrogen and oxygen atoms in total. The maximum atomic E-state index is 13.7. The topological polar surface area (TPSA) is 136 Å². The monoisotopic (exact) mass is 766 g/mol. The molecule has 294 valence electrons. The number of oxime groups is 1. The molecule has 6 atom stereocenters. The van der Waals surface area contributed by atoms with Crippen LogP contribution in [0.2, 0.25) is 0 Å². The maximum Gasteiger partial charge on any atom is 0.410 e. The molecule has 1 amide bonds. The average molecular weight is 767 g/mol. The van der Waals surface area contributed by atoms with E-state index in [4.69, 9.17) is 40.5 Å². The second-order valence-corrected chi connectivity index (χ2v) is 15.6.